The van der Waals surface area contributed by atoms with Crippen molar-refractivity contribution in [1.82, 2.24) is 15.2 Å². The number of nitrogens with zero attached hydrogens (tertiary/aromatic N) is 2. The second kappa shape index (κ2) is 5.05. The van der Waals surface area contributed by atoms with Gasteiger partial charge < -0.3 is 10.6 Å². The van der Waals surface area contributed by atoms with Crippen molar-refractivity contribution in [2.45, 2.75) is 13.8 Å². The van der Waals surface area contributed by atoms with Gasteiger partial charge in [-0.2, -0.15) is 5.10 Å². The first-order valence-electron chi connectivity index (χ1n) is 5.69. The molecule has 2 rings (SSSR count). The largest absolute Gasteiger partial charge is 0.371 e. The summed E-state index contributed by atoms with van der Waals surface area (Å²) in [6, 6.07) is 1.33. The van der Waals surface area contributed by atoms with Crippen molar-refractivity contribution in [3.05, 3.63) is 35.0 Å². The summed E-state index contributed by atoms with van der Waals surface area (Å²) >= 11 is 0. The molecule has 19 heavy (non-hydrogen) atoms. The molecular weight excluding hydrogens is 249 g/mol. The van der Waals surface area contributed by atoms with E-state index in [-0.39, 0.29) is 11.4 Å². The van der Waals surface area contributed by atoms with Crippen molar-refractivity contribution in [2.75, 3.05) is 17.7 Å². The number of carbonyl (C=O) groups excluding carboxylic acids is 1. The Bertz CT molecular complexity index is 603. The van der Waals surface area contributed by atoms with Crippen molar-refractivity contribution in [1.29, 1.82) is 0 Å². The number of halogens is 1. The second-order valence-electron chi connectivity index (χ2n) is 4.03. The number of aryl methyl sites for hydroxylation is 2. The zero-order valence-electron chi connectivity index (χ0n) is 10.8. The fraction of sp³-hybridized carbons (Fsp3) is 0.250. The van der Waals surface area contributed by atoms with Crippen molar-refractivity contribution in [3.8, 4) is 0 Å². The molecule has 0 aliphatic heterocycles. The summed E-state index contributed by atoms with van der Waals surface area (Å²) in [7, 11) is 1.54. The number of aromatic amines is 1. The van der Waals surface area contributed by atoms with Gasteiger partial charge in [0, 0.05) is 13.2 Å². The molecule has 2 aromatic rings. The number of rotatable bonds is 3. The van der Waals surface area contributed by atoms with Crippen LogP contribution in [0.25, 0.3) is 0 Å². The molecular formula is C12H14FN5O. The number of nitrogens with one attached hydrogen (secondary N) is 3. The molecule has 2 aromatic heterocycles. The van der Waals surface area contributed by atoms with Crippen LogP contribution in [0.3, 0.4) is 0 Å². The SMILES string of the molecule is CNc1nccc(C(=O)Nc2c(C)n[nH]c2C)c1F. The van der Waals surface area contributed by atoms with E-state index in [0.717, 1.165) is 0 Å². The van der Waals surface area contributed by atoms with Gasteiger partial charge in [-0.1, -0.05) is 0 Å². The average molecular weight is 263 g/mol. The number of pyridine rings is 1. The number of hydrogen-bond acceptors (Lipinski definition) is 4. The molecule has 0 unspecified atom stereocenters. The van der Waals surface area contributed by atoms with Crippen molar-refractivity contribution in [2.24, 2.45) is 0 Å². The van der Waals surface area contributed by atoms with Crippen LogP contribution in [0.4, 0.5) is 15.9 Å². The van der Waals surface area contributed by atoms with Crippen molar-refractivity contribution < 1.29 is 9.18 Å². The number of amides is 1. The molecule has 6 nitrogen and oxygen atoms in total. The van der Waals surface area contributed by atoms with Gasteiger partial charge in [0.2, 0.25) is 0 Å². The average Bonchev–Trinajstić information content (AvgIpc) is 2.70. The highest BCUT2D eigenvalue weighted by atomic mass is 19.1. The lowest BCUT2D eigenvalue weighted by Gasteiger charge is -2.08. The van der Waals surface area contributed by atoms with Gasteiger partial charge >= 0.3 is 0 Å². The molecule has 0 fully saturated rings. The summed E-state index contributed by atoms with van der Waals surface area (Å²) in [5, 5.41) is 11.9. The Hall–Kier alpha value is -2.44. The highest BCUT2D eigenvalue weighted by Crippen LogP contribution is 2.19. The van der Waals surface area contributed by atoms with E-state index in [4.69, 9.17) is 0 Å². The van der Waals surface area contributed by atoms with Gasteiger partial charge in [-0.3, -0.25) is 9.89 Å². The third kappa shape index (κ3) is 2.40. The quantitative estimate of drug-likeness (QED) is 0.789. The molecule has 0 aliphatic rings. The number of H-pyrrole nitrogens is 1. The summed E-state index contributed by atoms with van der Waals surface area (Å²) < 4.78 is 13.9. The van der Waals surface area contributed by atoms with Crippen LogP contribution in [-0.4, -0.2) is 28.1 Å². The highest BCUT2D eigenvalue weighted by molar-refractivity contribution is 6.05. The van der Waals surface area contributed by atoms with E-state index in [1.165, 1.54) is 19.3 Å². The fourth-order valence-electron chi connectivity index (χ4n) is 1.71. The van der Waals surface area contributed by atoms with E-state index in [9.17, 15) is 9.18 Å². The third-order valence-corrected chi connectivity index (χ3v) is 2.74. The molecule has 0 bridgehead atoms. The first-order chi connectivity index (χ1) is 9.04. The Labute approximate surface area is 109 Å². The van der Waals surface area contributed by atoms with Crippen LogP contribution in [0.15, 0.2) is 12.3 Å². The zero-order valence-corrected chi connectivity index (χ0v) is 10.8. The lowest BCUT2D eigenvalue weighted by atomic mass is 10.2. The molecule has 0 radical (unpaired) electrons. The van der Waals surface area contributed by atoms with E-state index >= 15 is 0 Å². The molecule has 7 heteroatoms. The minimum Gasteiger partial charge on any atom is -0.371 e. The molecule has 0 saturated carbocycles. The predicted octanol–water partition coefficient (Wildman–Crippen LogP) is 1.85. The summed E-state index contributed by atoms with van der Waals surface area (Å²) in [6.07, 6.45) is 1.37. The molecule has 100 valence electrons. The van der Waals surface area contributed by atoms with Gasteiger partial charge in [0.25, 0.3) is 5.91 Å². The Morgan fingerprint density at radius 1 is 1.42 bits per heavy atom. The van der Waals surface area contributed by atoms with Gasteiger partial charge in [-0.05, 0) is 19.9 Å². The van der Waals surface area contributed by atoms with Crippen LogP contribution in [0, 0.1) is 19.7 Å². The van der Waals surface area contributed by atoms with Crippen LogP contribution < -0.4 is 10.6 Å². The van der Waals surface area contributed by atoms with E-state index in [0.29, 0.717) is 17.1 Å². The first-order valence-corrected chi connectivity index (χ1v) is 5.69. The third-order valence-electron chi connectivity index (χ3n) is 2.74. The van der Waals surface area contributed by atoms with E-state index < -0.39 is 11.7 Å². The van der Waals surface area contributed by atoms with E-state index in [1.54, 1.807) is 13.8 Å². The molecule has 3 N–H and O–H groups in total. The highest BCUT2D eigenvalue weighted by Gasteiger charge is 2.17. The topological polar surface area (TPSA) is 82.7 Å². The van der Waals surface area contributed by atoms with Crippen molar-refractivity contribution >= 4 is 17.4 Å². The Morgan fingerprint density at radius 3 is 2.74 bits per heavy atom. The summed E-state index contributed by atoms with van der Waals surface area (Å²) in [5.74, 6) is -1.18. The molecule has 0 atom stereocenters. The Balaban J connectivity index is 2.31. The molecule has 0 spiro atoms. The summed E-state index contributed by atoms with van der Waals surface area (Å²) in [5.41, 5.74) is 1.86. The summed E-state index contributed by atoms with van der Waals surface area (Å²) in [4.78, 5) is 15.8. The molecule has 0 aromatic carbocycles. The monoisotopic (exact) mass is 263 g/mol. The number of anilines is 2. The first kappa shape index (κ1) is 13.0. The van der Waals surface area contributed by atoms with E-state index in [2.05, 4.69) is 25.8 Å². The Kier molecular flexibility index (Phi) is 3.46. The fourth-order valence-corrected chi connectivity index (χ4v) is 1.71. The van der Waals surface area contributed by atoms with Gasteiger partial charge in [0.15, 0.2) is 11.6 Å². The number of aromatic nitrogens is 3. The van der Waals surface area contributed by atoms with Crippen LogP contribution >= 0.6 is 0 Å². The minimum atomic E-state index is -0.679. The maximum absolute atomic E-state index is 13.9. The van der Waals surface area contributed by atoms with E-state index in [1.807, 2.05) is 0 Å². The normalized spacial score (nSPS) is 10.3. The van der Waals surface area contributed by atoms with Crippen LogP contribution in [-0.2, 0) is 0 Å². The molecule has 1 amide bonds. The molecule has 2 heterocycles. The van der Waals surface area contributed by atoms with Gasteiger partial charge in [-0.15, -0.1) is 0 Å². The van der Waals surface area contributed by atoms with Gasteiger partial charge in [-0.25, -0.2) is 9.37 Å². The number of carbonyl (C=O) groups is 1. The molecule has 0 saturated heterocycles. The second-order valence-corrected chi connectivity index (χ2v) is 4.03. The predicted molar refractivity (Wildman–Crippen MR) is 69.8 cm³/mol. The van der Waals surface area contributed by atoms with Gasteiger partial charge in [0.1, 0.15) is 0 Å². The van der Waals surface area contributed by atoms with Crippen LogP contribution in [0.1, 0.15) is 21.7 Å². The zero-order chi connectivity index (χ0) is 14.0. The standard InChI is InChI=1S/C12H14FN5O/c1-6-10(7(2)18-17-6)16-12(19)8-4-5-15-11(14-3)9(8)13/h4-5H,1-3H3,(H,14,15)(H,16,19)(H,17,18). The van der Waals surface area contributed by atoms with Crippen LogP contribution in [0.5, 0.6) is 0 Å². The lowest BCUT2D eigenvalue weighted by molar-refractivity contribution is 0.102. The van der Waals surface area contributed by atoms with Gasteiger partial charge in [0.05, 0.1) is 22.6 Å². The number of hydrogen-bond donors (Lipinski definition) is 3. The lowest BCUT2D eigenvalue weighted by Crippen LogP contribution is -2.16. The smallest absolute Gasteiger partial charge is 0.258 e. The maximum atomic E-state index is 13.9. The maximum Gasteiger partial charge on any atom is 0.258 e. The van der Waals surface area contributed by atoms with Crippen molar-refractivity contribution in [3.63, 3.8) is 0 Å². The summed E-state index contributed by atoms with van der Waals surface area (Å²) in [6.45, 7) is 3.53. The van der Waals surface area contributed by atoms with Crippen LogP contribution in [0.2, 0.25) is 0 Å². The Morgan fingerprint density at radius 2 is 2.16 bits per heavy atom. The minimum absolute atomic E-state index is 0.0355. The molecule has 0 aliphatic carbocycles.